The molecule has 2 rings (SSSR count). The summed E-state index contributed by atoms with van der Waals surface area (Å²) in [5.41, 5.74) is 4.48. The fourth-order valence-electron chi connectivity index (χ4n) is 2.60. The van der Waals surface area contributed by atoms with Gasteiger partial charge in [0.15, 0.2) is 9.84 Å². The highest BCUT2D eigenvalue weighted by Gasteiger charge is 2.42. The van der Waals surface area contributed by atoms with Crippen LogP contribution in [0.4, 0.5) is 10.1 Å². The summed E-state index contributed by atoms with van der Waals surface area (Å²) in [6, 6.07) is 3.91. The van der Waals surface area contributed by atoms with Gasteiger partial charge in [-0.05, 0) is 24.9 Å². The van der Waals surface area contributed by atoms with E-state index in [-0.39, 0.29) is 30.0 Å². The van der Waals surface area contributed by atoms with Gasteiger partial charge in [0.1, 0.15) is 0 Å². The van der Waals surface area contributed by atoms with Crippen LogP contribution in [0.3, 0.4) is 0 Å². The number of nitro groups is 1. The number of hydrogen-bond donors (Lipinski definition) is 1. The van der Waals surface area contributed by atoms with Crippen molar-refractivity contribution in [3.05, 3.63) is 39.7 Å². The molecule has 1 atom stereocenters. The molecule has 0 saturated carbocycles. The number of hydrogen-bond acceptors (Lipinski definition) is 5. The number of halogens is 1. The largest absolute Gasteiger partial charge is 0.330 e. The van der Waals surface area contributed by atoms with Crippen molar-refractivity contribution in [1.29, 1.82) is 0 Å². The molecule has 8 heteroatoms. The van der Waals surface area contributed by atoms with E-state index in [9.17, 15) is 22.9 Å². The Hall–Kier alpha value is -1.54. The molecule has 110 valence electrons. The second-order valence-corrected chi connectivity index (χ2v) is 7.41. The van der Waals surface area contributed by atoms with E-state index in [0.717, 1.165) is 6.07 Å². The Morgan fingerprint density at radius 2 is 2.15 bits per heavy atom. The van der Waals surface area contributed by atoms with Gasteiger partial charge in [0.05, 0.1) is 16.4 Å². The first kappa shape index (κ1) is 14.9. The van der Waals surface area contributed by atoms with Gasteiger partial charge in [-0.2, -0.15) is 4.39 Å². The lowest BCUT2D eigenvalue weighted by atomic mass is 9.81. The van der Waals surface area contributed by atoms with Gasteiger partial charge in [0, 0.05) is 11.5 Å². The van der Waals surface area contributed by atoms with Crippen molar-refractivity contribution in [1.82, 2.24) is 0 Å². The van der Waals surface area contributed by atoms with Crippen molar-refractivity contribution in [3.8, 4) is 0 Å². The van der Waals surface area contributed by atoms with Gasteiger partial charge < -0.3 is 5.73 Å². The SMILES string of the molecule is NCC1(Cc2cccc([N+](=O)[O-])c2F)CCS(=O)(=O)C1. The summed E-state index contributed by atoms with van der Waals surface area (Å²) < 4.78 is 37.2. The Labute approximate surface area is 115 Å². The second kappa shape index (κ2) is 5.10. The highest BCUT2D eigenvalue weighted by molar-refractivity contribution is 7.91. The van der Waals surface area contributed by atoms with E-state index in [1.54, 1.807) is 0 Å². The lowest BCUT2D eigenvalue weighted by Crippen LogP contribution is -2.34. The Morgan fingerprint density at radius 1 is 1.45 bits per heavy atom. The summed E-state index contributed by atoms with van der Waals surface area (Å²) in [6.45, 7) is 0.106. The first-order chi connectivity index (χ1) is 9.29. The fourth-order valence-corrected chi connectivity index (χ4v) is 4.79. The minimum Gasteiger partial charge on any atom is -0.330 e. The molecule has 1 fully saturated rings. The Kier molecular flexibility index (Phi) is 3.79. The highest BCUT2D eigenvalue weighted by Crippen LogP contribution is 2.36. The van der Waals surface area contributed by atoms with E-state index in [0.29, 0.717) is 6.42 Å². The zero-order valence-corrected chi connectivity index (χ0v) is 11.5. The van der Waals surface area contributed by atoms with Crippen LogP contribution in [0, 0.1) is 21.3 Å². The van der Waals surface area contributed by atoms with Crippen molar-refractivity contribution in [3.63, 3.8) is 0 Å². The maximum Gasteiger partial charge on any atom is 0.305 e. The molecule has 2 N–H and O–H groups in total. The topological polar surface area (TPSA) is 103 Å². The Morgan fingerprint density at radius 3 is 2.65 bits per heavy atom. The maximum atomic E-state index is 14.0. The van der Waals surface area contributed by atoms with E-state index in [4.69, 9.17) is 5.73 Å². The van der Waals surface area contributed by atoms with Crippen molar-refractivity contribution in [2.45, 2.75) is 12.8 Å². The van der Waals surface area contributed by atoms with Crippen LogP contribution in [0.1, 0.15) is 12.0 Å². The number of nitrogens with two attached hydrogens (primary N) is 1. The maximum absolute atomic E-state index is 14.0. The van der Waals surface area contributed by atoms with E-state index >= 15 is 0 Å². The van der Waals surface area contributed by atoms with Crippen LogP contribution in [-0.4, -0.2) is 31.4 Å². The standard InChI is InChI=1S/C12H15FN2O4S/c13-11-9(2-1-3-10(11)15(16)17)6-12(7-14)4-5-20(18,19)8-12/h1-3H,4-8,14H2. The summed E-state index contributed by atoms with van der Waals surface area (Å²) in [4.78, 5) is 9.92. The molecule has 1 aliphatic rings. The average molecular weight is 302 g/mol. The molecule has 6 nitrogen and oxygen atoms in total. The molecular weight excluding hydrogens is 287 g/mol. The third-order valence-corrected chi connectivity index (χ3v) is 5.60. The summed E-state index contributed by atoms with van der Waals surface area (Å²) in [5, 5.41) is 10.7. The monoisotopic (exact) mass is 302 g/mol. The minimum absolute atomic E-state index is 0.0285. The molecule has 1 aliphatic heterocycles. The van der Waals surface area contributed by atoms with Crippen molar-refractivity contribution < 1.29 is 17.7 Å². The molecule has 0 bridgehead atoms. The van der Waals surface area contributed by atoms with Gasteiger partial charge in [-0.3, -0.25) is 10.1 Å². The molecule has 20 heavy (non-hydrogen) atoms. The Bertz CT molecular complexity index is 647. The zero-order chi connectivity index (χ0) is 15.0. The minimum atomic E-state index is -3.16. The number of nitro benzene ring substituents is 1. The van der Waals surface area contributed by atoms with Crippen LogP contribution in [0.2, 0.25) is 0 Å². The number of sulfone groups is 1. The molecule has 0 aromatic heterocycles. The number of rotatable bonds is 4. The predicted octanol–water partition coefficient (Wildman–Crippen LogP) is 1.04. The van der Waals surface area contributed by atoms with Gasteiger partial charge >= 0.3 is 5.69 Å². The third-order valence-electron chi connectivity index (χ3n) is 3.72. The molecular formula is C12H15FN2O4S. The molecule has 1 aromatic carbocycles. The van der Waals surface area contributed by atoms with Gasteiger partial charge in [0.25, 0.3) is 0 Å². The normalized spacial score (nSPS) is 24.7. The number of nitrogens with zero attached hydrogens (tertiary/aromatic N) is 1. The van der Waals surface area contributed by atoms with Crippen LogP contribution >= 0.6 is 0 Å². The number of benzene rings is 1. The average Bonchev–Trinajstić information content (AvgIpc) is 2.68. The highest BCUT2D eigenvalue weighted by atomic mass is 32.2. The molecule has 0 radical (unpaired) electrons. The summed E-state index contributed by atoms with van der Waals surface area (Å²) in [5.74, 6) is -0.978. The first-order valence-corrected chi connectivity index (χ1v) is 7.93. The molecule has 0 amide bonds. The van der Waals surface area contributed by atoms with E-state index in [2.05, 4.69) is 0 Å². The van der Waals surface area contributed by atoms with Gasteiger partial charge in [-0.1, -0.05) is 12.1 Å². The molecule has 1 saturated heterocycles. The van der Waals surface area contributed by atoms with Crippen LogP contribution in [0.15, 0.2) is 18.2 Å². The summed E-state index contributed by atoms with van der Waals surface area (Å²) in [7, 11) is -3.16. The molecule has 1 aromatic rings. The quantitative estimate of drug-likeness (QED) is 0.661. The fraction of sp³-hybridized carbons (Fsp3) is 0.500. The Balaban J connectivity index is 2.34. The van der Waals surface area contributed by atoms with E-state index in [1.165, 1.54) is 12.1 Å². The molecule has 0 aliphatic carbocycles. The van der Waals surface area contributed by atoms with Gasteiger partial charge in [-0.15, -0.1) is 0 Å². The van der Waals surface area contributed by atoms with Crippen molar-refractivity contribution in [2.24, 2.45) is 11.1 Å². The molecule has 1 heterocycles. The van der Waals surface area contributed by atoms with Gasteiger partial charge in [0.2, 0.25) is 5.82 Å². The lowest BCUT2D eigenvalue weighted by molar-refractivity contribution is -0.387. The molecule has 1 unspecified atom stereocenters. The second-order valence-electron chi connectivity index (χ2n) is 5.23. The van der Waals surface area contributed by atoms with Crippen LogP contribution in [-0.2, 0) is 16.3 Å². The van der Waals surface area contributed by atoms with E-state index in [1.807, 2.05) is 0 Å². The summed E-state index contributed by atoms with van der Waals surface area (Å²) >= 11 is 0. The van der Waals surface area contributed by atoms with Crippen LogP contribution in [0.5, 0.6) is 0 Å². The van der Waals surface area contributed by atoms with Gasteiger partial charge in [-0.25, -0.2) is 8.42 Å². The van der Waals surface area contributed by atoms with Crippen molar-refractivity contribution in [2.75, 3.05) is 18.1 Å². The predicted molar refractivity (Wildman–Crippen MR) is 71.5 cm³/mol. The van der Waals surface area contributed by atoms with Crippen LogP contribution < -0.4 is 5.73 Å². The smallest absolute Gasteiger partial charge is 0.305 e. The third kappa shape index (κ3) is 2.80. The van der Waals surface area contributed by atoms with E-state index < -0.39 is 31.7 Å². The first-order valence-electron chi connectivity index (χ1n) is 6.11. The van der Waals surface area contributed by atoms with Crippen molar-refractivity contribution >= 4 is 15.5 Å². The van der Waals surface area contributed by atoms with Crippen LogP contribution in [0.25, 0.3) is 0 Å². The summed E-state index contributed by atoms with van der Waals surface area (Å²) in [6.07, 6.45) is 0.449. The zero-order valence-electron chi connectivity index (χ0n) is 10.7. The molecule has 0 spiro atoms. The lowest BCUT2D eigenvalue weighted by Gasteiger charge is -2.25.